The van der Waals surface area contributed by atoms with Gasteiger partial charge in [0, 0.05) is 9.35 Å². The molecule has 1 aliphatic rings. The van der Waals surface area contributed by atoms with Gasteiger partial charge in [-0.2, -0.15) is 0 Å². The van der Waals surface area contributed by atoms with Gasteiger partial charge in [-0.15, -0.1) is 11.3 Å². The lowest BCUT2D eigenvalue weighted by Gasteiger charge is -2.32. The first-order valence-electron chi connectivity index (χ1n) is 5.91. The third-order valence-electron chi connectivity index (χ3n) is 3.56. The van der Waals surface area contributed by atoms with Gasteiger partial charge >= 0.3 is 0 Å². The Balaban J connectivity index is 2.13. The van der Waals surface area contributed by atoms with Crippen LogP contribution in [0.1, 0.15) is 43.5 Å². The third-order valence-corrected chi connectivity index (χ3v) is 5.51. The first kappa shape index (κ1) is 12.6. The van der Waals surface area contributed by atoms with Gasteiger partial charge in [0.2, 0.25) is 0 Å². The molecule has 2 nitrogen and oxygen atoms in total. The minimum atomic E-state index is 0.317. The number of hydrazine groups is 1. The van der Waals surface area contributed by atoms with Gasteiger partial charge in [-0.05, 0) is 52.1 Å². The maximum absolute atomic E-state index is 5.74. The second kappa shape index (κ2) is 5.63. The summed E-state index contributed by atoms with van der Waals surface area (Å²) in [7, 11) is 0. The molecule has 16 heavy (non-hydrogen) atoms. The lowest BCUT2D eigenvalue weighted by atomic mass is 9.78. The van der Waals surface area contributed by atoms with Crippen LogP contribution in [-0.4, -0.2) is 0 Å². The number of hydrogen-bond acceptors (Lipinski definition) is 3. The summed E-state index contributed by atoms with van der Waals surface area (Å²) >= 11 is 5.39. The van der Waals surface area contributed by atoms with E-state index >= 15 is 0 Å². The lowest BCUT2D eigenvalue weighted by molar-refractivity contribution is 0.226. The first-order valence-corrected chi connectivity index (χ1v) is 7.58. The Hall–Kier alpha value is 0.100. The Morgan fingerprint density at radius 3 is 2.94 bits per heavy atom. The summed E-state index contributed by atoms with van der Waals surface area (Å²) in [5.74, 6) is 7.27. The van der Waals surface area contributed by atoms with E-state index in [0.717, 1.165) is 5.92 Å². The van der Waals surface area contributed by atoms with Gasteiger partial charge in [0.05, 0.1) is 6.04 Å². The van der Waals surface area contributed by atoms with Crippen molar-refractivity contribution in [2.75, 3.05) is 0 Å². The molecule has 0 spiro atoms. The normalized spacial score (nSPS) is 27.9. The minimum Gasteiger partial charge on any atom is -0.271 e. The molecule has 0 amide bonds. The van der Waals surface area contributed by atoms with Crippen molar-refractivity contribution >= 4 is 27.3 Å². The average molecular weight is 303 g/mol. The average Bonchev–Trinajstić information content (AvgIpc) is 2.67. The fourth-order valence-corrected chi connectivity index (χ4v) is 4.51. The Kier molecular flexibility index (Phi) is 4.41. The van der Waals surface area contributed by atoms with E-state index in [1.54, 1.807) is 11.3 Å². The van der Waals surface area contributed by atoms with E-state index in [-0.39, 0.29) is 0 Å². The maximum Gasteiger partial charge on any atom is 0.0592 e. The fourth-order valence-electron chi connectivity index (χ4n) is 2.74. The van der Waals surface area contributed by atoms with Gasteiger partial charge in [-0.3, -0.25) is 11.3 Å². The van der Waals surface area contributed by atoms with E-state index in [1.165, 1.54) is 35.0 Å². The first-order chi connectivity index (χ1) is 7.72. The number of nitrogens with one attached hydrogen (secondary N) is 1. The molecular formula is C12H19BrN2S. The number of thiophene rings is 1. The number of halogens is 1. The van der Waals surface area contributed by atoms with E-state index in [0.29, 0.717) is 12.0 Å². The van der Waals surface area contributed by atoms with Crippen LogP contribution in [0.25, 0.3) is 0 Å². The van der Waals surface area contributed by atoms with Crippen LogP contribution in [0.2, 0.25) is 0 Å². The van der Waals surface area contributed by atoms with Crippen LogP contribution in [0.3, 0.4) is 0 Å². The Bertz CT molecular complexity index is 340. The van der Waals surface area contributed by atoms with Crippen molar-refractivity contribution in [3.63, 3.8) is 0 Å². The zero-order valence-electron chi connectivity index (χ0n) is 9.58. The van der Waals surface area contributed by atoms with Crippen LogP contribution in [0.4, 0.5) is 0 Å². The molecule has 3 atom stereocenters. The third kappa shape index (κ3) is 2.67. The number of nitrogens with two attached hydrogens (primary N) is 1. The van der Waals surface area contributed by atoms with Crippen molar-refractivity contribution in [1.29, 1.82) is 0 Å². The van der Waals surface area contributed by atoms with E-state index in [1.807, 2.05) is 0 Å². The largest absolute Gasteiger partial charge is 0.271 e. The highest BCUT2D eigenvalue weighted by Crippen LogP contribution is 2.40. The smallest absolute Gasteiger partial charge is 0.0592 e. The summed E-state index contributed by atoms with van der Waals surface area (Å²) in [6.07, 6.45) is 5.30. The molecular weight excluding hydrogens is 284 g/mol. The predicted octanol–water partition coefficient (Wildman–Crippen LogP) is 3.84. The summed E-state index contributed by atoms with van der Waals surface area (Å²) in [6, 6.07) is 2.42. The molecule has 3 unspecified atom stereocenters. The molecule has 0 radical (unpaired) electrons. The second-order valence-electron chi connectivity index (χ2n) is 4.81. The van der Waals surface area contributed by atoms with E-state index in [2.05, 4.69) is 39.7 Å². The fraction of sp³-hybridized carbons (Fsp3) is 0.667. The van der Waals surface area contributed by atoms with Gasteiger partial charge < -0.3 is 0 Å². The predicted molar refractivity (Wildman–Crippen MR) is 73.2 cm³/mol. The molecule has 0 bridgehead atoms. The topological polar surface area (TPSA) is 38.0 Å². The van der Waals surface area contributed by atoms with Crippen molar-refractivity contribution < 1.29 is 0 Å². The number of rotatable bonds is 3. The maximum atomic E-state index is 5.74. The van der Waals surface area contributed by atoms with Crippen molar-refractivity contribution in [1.82, 2.24) is 5.43 Å². The molecule has 4 heteroatoms. The van der Waals surface area contributed by atoms with Crippen LogP contribution in [0.5, 0.6) is 0 Å². The summed E-state index contributed by atoms with van der Waals surface area (Å²) in [4.78, 5) is 1.35. The van der Waals surface area contributed by atoms with Crippen molar-refractivity contribution in [2.24, 2.45) is 17.7 Å². The van der Waals surface area contributed by atoms with Gasteiger partial charge in [0.1, 0.15) is 0 Å². The molecule has 90 valence electrons. The zero-order chi connectivity index (χ0) is 11.5. The van der Waals surface area contributed by atoms with Gasteiger partial charge in [-0.25, -0.2) is 0 Å². The zero-order valence-corrected chi connectivity index (χ0v) is 12.0. The molecule has 1 fully saturated rings. The van der Waals surface area contributed by atoms with Crippen molar-refractivity contribution in [3.8, 4) is 0 Å². The Labute approximate surface area is 110 Å². The molecule has 0 aliphatic heterocycles. The Morgan fingerprint density at radius 1 is 1.56 bits per heavy atom. The molecule has 1 saturated carbocycles. The van der Waals surface area contributed by atoms with Crippen molar-refractivity contribution in [2.45, 2.75) is 38.6 Å². The van der Waals surface area contributed by atoms with Gasteiger partial charge in [0.25, 0.3) is 0 Å². The Morgan fingerprint density at radius 2 is 2.38 bits per heavy atom. The standard InChI is InChI=1S/C12H19BrN2S/c1-8-3-2-4-9(7-8)11(15-14)12-10(13)5-6-16-12/h5-6,8-9,11,15H,2-4,7,14H2,1H3. The number of hydrogen-bond donors (Lipinski definition) is 2. The monoisotopic (exact) mass is 302 g/mol. The molecule has 1 aromatic heterocycles. The van der Waals surface area contributed by atoms with Crippen molar-refractivity contribution in [3.05, 3.63) is 20.8 Å². The minimum absolute atomic E-state index is 0.317. The lowest BCUT2D eigenvalue weighted by Crippen LogP contribution is -2.35. The van der Waals surface area contributed by atoms with Gasteiger partial charge in [-0.1, -0.05) is 19.8 Å². The molecule has 3 N–H and O–H groups in total. The molecule has 1 aromatic rings. The summed E-state index contributed by atoms with van der Waals surface area (Å²) < 4.78 is 1.19. The summed E-state index contributed by atoms with van der Waals surface area (Å²) in [5, 5.41) is 2.12. The van der Waals surface area contributed by atoms with E-state index < -0.39 is 0 Å². The van der Waals surface area contributed by atoms with Crippen LogP contribution >= 0.6 is 27.3 Å². The van der Waals surface area contributed by atoms with Crippen LogP contribution in [-0.2, 0) is 0 Å². The second-order valence-corrected chi connectivity index (χ2v) is 6.61. The van der Waals surface area contributed by atoms with Crippen LogP contribution in [0, 0.1) is 11.8 Å². The SMILES string of the molecule is CC1CCCC(C(NN)c2sccc2Br)C1. The molecule has 0 saturated heterocycles. The molecule has 2 rings (SSSR count). The molecule has 1 aliphatic carbocycles. The molecule has 1 heterocycles. The van der Waals surface area contributed by atoms with Gasteiger partial charge in [0.15, 0.2) is 0 Å². The quantitative estimate of drug-likeness (QED) is 0.657. The molecule has 0 aromatic carbocycles. The highest BCUT2D eigenvalue weighted by Gasteiger charge is 2.28. The summed E-state index contributed by atoms with van der Waals surface area (Å²) in [5.41, 5.74) is 3.02. The highest BCUT2D eigenvalue weighted by molar-refractivity contribution is 9.10. The van der Waals surface area contributed by atoms with Crippen LogP contribution in [0.15, 0.2) is 15.9 Å². The summed E-state index contributed by atoms with van der Waals surface area (Å²) in [6.45, 7) is 2.35. The van der Waals surface area contributed by atoms with Crippen LogP contribution < -0.4 is 11.3 Å². The van der Waals surface area contributed by atoms with E-state index in [9.17, 15) is 0 Å². The van der Waals surface area contributed by atoms with E-state index in [4.69, 9.17) is 5.84 Å². The highest BCUT2D eigenvalue weighted by atomic mass is 79.9.